The molecule has 2 N–H and O–H groups in total. The van der Waals surface area contributed by atoms with Gasteiger partial charge in [-0.1, -0.05) is 37.3 Å². The number of rotatable bonds is 7. The van der Waals surface area contributed by atoms with Crippen LogP contribution < -0.4 is 4.74 Å². The fourth-order valence-electron chi connectivity index (χ4n) is 7.93. The number of H-pyrrole nitrogens is 1. The van der Waals surface area contributed by atoms with Gasteiger partial charge in [0.05, 0.1) is 6.04 Å². The van der Waals surface area contributed by atoms with Crippen LogP contribution in [0.15, 0.2) is 48.5 Å². The summed E-state index contributed by atoms with van der Waals surface area (Å²) in [6.45, 7) is 8.22. The number of nitrogens with zero attached hydrogens (tertiary/aromatic N) is 2. The zero-order valence-electron chi connectivity index (χ0n) is 21.0. The van der Waals surface area contributed by atoms with E-state index in [0.717, 1.165) is 44.5 Å². The zero-order chi connectivity index (χ0) is 23.8. The second kappa shape index (κ2) is 7.83. The van der Waals surface area contributed by atoms with E-state index in [1.807, 2.05) is 0 Å². The first kappa shape index (κ1) is 21.9. The van der Waals surface area contributed by atoms with Gasteiger partial charge >= 0.3 is 0 Å². The zero-order valence-corrected chi connectivity index (χ0v) is 21.0. The Morgan fingerprint density at radius 2 is 1.80 bits per heavy atom. The van der Waals surface area contributed by atoms with Crippen LogP contribution in [-0.4, -0.2) is 63.8 Å². The van der Waals surface area contributed by atoms with E-state index in [2.05, 4.69) is 77.2 Å². The smallest absolute Gasteiger partial charge is 0.124 e. The Morgan fingerprint density at radius 1 is 1.06 bits per heavy atom. The van der Waals surface area contributed by atoms with E-state index in [1.165, 1.54) is 40.7 Å². The number of para-hydroxylation sites is 1. The van der Waals surface area contributed by atoms with E-state index in [9.17, 15) is 5.11 Å². The van der Waals surface area contributed by atoms with E-state index in [0.29, 0.717) is 18.8 Å². The molecule has 3 aromatic rings. The van der Waals surface area contributed by atoms with Gasteiger partial charge in [-0.2, -0.15) is 0 Å². The standard InChI is InChI=1S/C30H37N3O2/c1-3-12-32-14-23(15-32)35-22-10-8-21(9-11-22)28-27-25(24-6-4-5-7-26(24)31-27)13-20(2)33(28)30-16-29(17-30,18-30)19-34/h4-11,20,23,28,31,34H,3,12-19H2,1-2H3/t20-,28-,29?,30?/m1/s1. The molecular formula is C30H37N3O2. The molecule has 5 aliphatic rings. The van der Waals surface area contributed by atoms with Gasteiger partial charge in [-0.15, -0.1) is 0 Å². The van der Waals surface area contributed by atoms with Gasteiger partial charge in [-0.05, 0) is 80.3 Å². The minimum atomic E-state index is 0.192. The van der Waals surface area contributed by atoms with E-state index in [-0.39, 0.29) is 17.0 Å². The number of ether oxygens (including phenoxy) is 1. The highest BCUT2D eigenvalue weighted by atomic mass is 16.5. The second-order valence-electron chi connectivity index (χ2n) is 11.9. The fraction of sp³-hybridized carbons (Fsp3) is 0.533. The predicted molar refractivity (Wildman–Crippen MR) is 139 cm³/mol. The Kier molecular flexibility index (Phi) is 4.90. The van der Waals surface area contributed by atoms with Crippen molar-refractivity contribution in [1.82, 2.24) is 14.8 Å². The number of aliphatic hydroxyl groups excluding tert-OH is 1. The topological polar surface area (TPSA) is 51.7 Å². The van der Waals surface area contributed by atoms with Gasteiger partial charge < -0.3 is 14.8 Å². The van der Waals surface area contributed by atoms with Crippen LogP contribution in [0, 0.1) is 5.41 Å². The molecule has 2 aliphatic heterocycles. The van der Waals surface area contributed by atoms with E-state index < -0.39 is 0 Å². The van der Waals surface area contributed by atoms with Gasteiger partial charge in [0.25, 0.3) is 0 Å². The van der Waals surface area contributed by atoms with Crippen molar-refractivity contribution in [2.45, 2.75) is 69.7 Å². The molecule has 1 saturated heterocycles. The van der Waals surface area contributed by atoms with Crippen LogP contribution >= 0.6 is 0 Å². The quantitative estimate of drug-likeness (QED) is 0.515. The monoisotopic (exact) mass is 471 g/mol. The lowest BCUT2D eigenvalue weighted by molar-refractivity contribution is -0.254. The summed E-state index contributed by atoms with van der Waals surface area (Å²) >= 11 is 0. The lowest BCUT2D eigenvalue weighted by atomic mass is 9.38. The van der Waals surface area contributed by atoms with Crippen molar-refractivity contribution < 1.29 is 9.84 Å². The van der Waals surface area contributed by atoms with Gasteiger partial charge in [0.15, 0.2) is 0 Å². The average molecular weight is 472 g/mol. The molecule has 2 atom stereocenters. The van der Waals surface area contributed by atoms with Crippen molar-refractivity contribution in [3.05, 3.63) is 65.4 Å². The molecule has 0 radical (unpaired) electrons. The van der Waals surface area contributed by atoms with Crippen molar-refractivity contribution in [2.75, 3.05) is 26.2 Å². The van der Waals surface area contributed by atoms with Crippen LogP contribution in [0.2, 0.25) is 0 Å². The summed E-state index contributed by atoms with van der Waals surface area (Å²) in [6, 6.07) is 18.3. The molecule has 0 amide bonds. The third-order valence-electron chi connectivity index (χ3n) is 9.33. The summed E-state index contributed by atoms with van der Waals surface area (Å²) in [5, 5.41) is 11.3. The first-order valence-corrected chi connectivity index (χ1v) is 13.5. The molecule has 5 nitrogen and oxygen atoms in total. The third kappa shape index (κ3) is 3.24. The lowest BCUT2D eigenvalue weighted by Crippen LogP contribution is -2.77. The number of aromatic amines is 1. The molecule has 3 aliphatic carbocycles. The number of benzene rings is 2. The van der Waals surface area contributed by atoms with Crippen molar-refractivity contribution >= 4 is 10.9 Å². The molecule has 2 aromatic carbocycles. The molecule has 184 valence electrons. The van der Waals surface area contributed by atoms with Gasteiger partial charge in [0.1, 0.15) is 11.9 Å². The molecule has 3 saturated carbocycles. The van der Waals surface area contributed by atoms with Crippen LogP contribution in [-0.2, 0) is 6.42 Å². The van der Waals surface area contributed by atoms with Crippen molar-refractivity contribution in [3.8, 4) is 5.75 Å². The third-order valence-corrected chi connectivity index (χ3v) is 9.33. The summed E-state index contributed by atoms with van der Waals surface area (Å²) < 4.78 is 6.28. The van der Waals surface area contributed by atoms with E-state index >= 15 is 0 Å². The maximum Gasteiger partial charge on any atom is 0.124 e. The highest BCUT2D eigenvalue weighted by Gasteiger charge is 2.71. The van der Waals surface area contributed by atoms with Crippen molar-refractivity contribution in [2.24, 2.45) is 5.41 Å². The molecule has 4 fully saturated rings. The largest absolute Gasteiger partial charge is 0.488 e. The number of likely N-dealkylation sites (tertiary alicyclic amines) is 1. The summed E-state index contributed by atoms with van der Waals surface area (Å²) in [5.41, 5.74) is 5.82. The minimum absolute atomic E-state index is 0.192. The van der Waals surface area contributed by atoms with Gasteiger partial charge in [-0.25, -0.2) is 0 Å². The van der Waals surface area contributed by atoms with Crippen LogP contribution in [0.4, 0.5) is 0 Å². The molecule has 1 aromatic heterocycles. The fourth-order valence-corrected chi connectivity index (χ4v) is 7.93. The molecule has 8 rings (SSSR count). The van der Waals surface area contributed by atoms with Gasteiger partial charge in [0, 0.05) is 47.9 Å². The Morgan fingerprint density at radius 3 is 2.51 bits per heavy atom. The molecule has 35 heavy (non-hydrogen) atoms. The molecule has 3 heterocycles. The summed E-state index contributed by atoms with van der Waals surface area (Å²) in [5.74, 6) is 0.979. The maximum absolute atomic E-state index is 9.93. The van der Waals surface area contributed by atoms with E-state index in [1.54, 1.807) is 0 Å². The lowest BCUT2D eigenvalue weighted by Gasteiger charge is -2.76. The predicted octanol–water partition coefficient (Wildman–Crippen LogP) is 4.89. The maximum atomic E-state index is 9.93. The Hall–Kier alpha value is -2.34. The number of hydrogen-bond acceptors (Lipinski definition) is 4. The van der Waals surface area contributed by atoms with Crippen LogP contribution in [0.1, 0.15) is 62.4 Å². The van der Waals surface area contributed by atoms with Crippen molar-refractivity contribution in [3.63, 3.8) is 0 Å². The average Bonchev–Trinajstić information content (AvgIpc) is 3.15. The highest BCUT2D eigenvalue weighted by molar-refractivity contribution is 5.85. The van der Waals surface area contributed by atoms with Gasteiger partial charge in [0.2, 0.25) is 0 Å². The minimum Gasteiger partial charge on any atom is -0.488 e. The molecule has 0 unspecified atom stereocenters. The van der Waals surface area contributed by atoms with Crippen LogP contribution in [0.3, 0.4) is 0 Å². The number of aromatic nitrogens is 1. The second-order valence-corrected chi connectivity index (χ2v) is 11.9. The number of fused-ring (bicyclic) bond motifs is 3. The van der Waals surface area contributed by atoms with Crippen molar-refractivity contribution in [1.29, 1.82) is 0 Å². The van der Waals surface area contributed by atoms with E-state index in [4.69, 9.17) is 4.74 Å². The van der Waals surface area contributed by atoms with Crippen LogP contribution in [0.25, 0.3) is 10.9 Å². The number of hydrogen-bond donors (Lipinski definition) is 2. The summed E-state index contributed by atoms with van der Waals surface area (Å²) in [4.78, 5) is 9.09. The molecular weight excluding hydrogens is 434 g/mol. The first-order valence-electron chi connectivity index (χ1n) is 13.5. The highest BCUT2D eigenvalue weighted by Crippen LogP contribution is 2.71. The SMILES string of the molecule is CCCN1CC(Oc2ccc([C@@H]3c4[nH]c5ccccc5c4C[C@@H](C)N3C34CC(CO)(C3)C4)cc2)C1. The Bertz CT molecular complexity index is 1220. The Labute approximate surface area is 208 Å². The first-order chi connectivity index (χ1) is 17.0. The molecule has 0 spiro atoms. The number of nitrogens with one attached hydrogen (secondary N) is 1. The van der Waals surface area contributed by atoms with Crippen LogP contribution in [0.5, 0.6) is 5.75 Å². The molecule has 2 bridgehead atoms. The number of aliphatic hydroxyl groups is 1. The summed E-state index contributed by atoms with van der Waals surface area (Å²) in [7, 11) is 0. The normalized spacial score (nSPS) is 32.5. The Balaban J connectivity index is 1.21. The summed E-state index contributed by atoms with van der Waals surface area (Å²) in [6.07, 6.45) is 5.97. The van der Waals surface area contributed by atoms with Gasteiger partial charge in [-0.3, -0.25) is 9.80 Å². The molecule has 5 heteroatoms.